The van der Waals surface area contributed by atoms with Crippen LogP contribution in [0.3, 0.4) is 0 Å². The average Bonchev–Trinajstić information content (AvgIpc) is 2.45. The molecule has 1 aromatic rings. The summed E-state index contributed by atoms with van der Waals surface area (Å²) in [7, 11) is 0. The zero-order valence-corrected chi connectivity index (χ0v) is 12.7. The van der Waals surface area contributed by atoms with Crippen LogP contribution in [-0.2, 0) is 6.54 Å². The first kappa shape index (κ1) is 16.4. The van der Waals surface area contributed by atoms with Crippen LogP contribution < -0.4 is 5.32 Å². The normalized spacial score (nSPS) is 12.1. The zero-order chi connectivity index (χ0) is 14.3. The molecule has 0 heterocycles. The van der Waals surface area contributed by atoms with Crippen molar-refractivity contribution in [3.8, 4) is 0 Å². The Bertz CT molecular complexity index is 353. The van der Waals surface area contributed by atoms with Crippen LogP contribution in [0.25, 0.3) is 0 Å². The lowest BCUT2D eigenvalue weighted by molar-refractivity contribution is 0.151. The molecular formula is C15H23F2NS. The van der Waals surface area contributed by atoms with E-state index in [4.69, 9.17) is 0 Å². The first-order valence-electron chi connectivity index (χ1n) is 6.69. The van der Waals surface area contributed by atoms with Gasteiger partial charge >= 0.3 is 0 Å². The Morgan fingerprint density at radius 1 is 1.16 bits per heavy atom. The van der Waals surface area contributed by atoms with Gasteiger partial charge in [0.1, 0.15) is 0 Å². The molecule has 1 nitrogen and oxygen atoms in total. The maximum absolute atomic E-state index is 12.4. The predicted octanol–water partition coefficient (Wildman–Crippen LogP) is 4.64. The predicted molar refractivity (Wildman–Crippen MR) is 79.9 cm³/mol. The molecule has 0 aliphatic rings. The van der Waals surface area contributed by atoms with E-state index < -0.39 is 6.43 Å². The third-order valence-electron chi connectivity index (χ3n) is 3.73. The molecule has 0 aliphatic heterocycles. The smallest absolute Gasteiger partial charge is 0.263 e. The number of rotatable bonds is 8. The Morgan fingerprint density at radius 2 is 1.74 bits per heavy atom. The first-order chi connectivity index (χ1) is 9.06. The largest absolute Gasteiger partial charge is 0.311 e. The average molecular weight is 287 g/mol. The molecule has 108 valence electrons. The minimum Gasteiger partial charge on any atom is -0.311 e. The lowest BCUT2D eigenvalue weighted by atomic mass is 10.0. The maximum atomic E-state index is 12.4. The summed E-state index contributed by atoms with van der Waals surface area (Å²) < 4.78 is 25.1. The molecule has 19 heavy (non-hydrogen) atoms. The number of thioether (sulfide) groups is 1. The molecule has 0 aliphatic carbocycles. The third-order valence-corrected chi connectivity index (χ3v) is 5.32. The van der Waals surface area contributed by atoms with Gasteiger partial charge in [-0.25, -0.2) is 8.78 Å². The molecule has 0 saturated carbocycles. The molecule has 0 fully saturated rings. The van der Waals surface area contributed by atoms with Crippen molar-refractivity contribution < 1.29 is 8.78 Å². The van der Waals surface area contributed by atoms with Crippen LogP contribution in [0.4, 0.5) is 8.78 Å². The molecule has 0 aromatic heterocycles. The number of alkyl halides is 2. The fourth-order valence-corrected chi connectivity index (χ4v) is 2.90. The van der Waals surface area contributed by atoms with Crippen molar-refractivity contribution >= 4 is 11.8 Å². The summed E-state index contributed by atoms with van der Waals surface area (Å²) in [4.78, 5) is 0. The van der Waals surface area contributed by atoms with Crippen molar-refractivity contribution in [3.05, 3.63) is 35.4 Å². The molecule has 0 saturated heterocycles. The van der Waals surface area contributed by atoms with Gasteiger partial charge < -0.3 is 5.32 Å². The molecule has 0 radical (unpaired) electrons. The summed E-state index contributed by atoms with van der Waals surface area (Å²) >= 11 is 1.90. The fraction of sp³-hybridized carbons (Fsp3) is 0.600. The summed E-state index contributed by atoms with van der Waals surface area (Å²) in [5.74, 6) is 0. The Morgan fingerprint density at radius 3 is 2.16 bits per heavy atom. The highest BCUT2D eigenvalue weighted by atomic mass is 32.2. The van der Waals surface area contributed by atoms with Gasteiger partial charge in [0.15, 0.2) is 0 Å². The van der Waals surface area contributed by atoms with Crippen molar-refractivity contribution in [2.75, 3.05) is 12.8 Å². The van der Waals surface area contributed by atoms with Crippen molar-refractivity contribution in [2.24, 2.45) is 0 Å². The standard InChI is InChI=1S/C15H23F2NS/c1-4-15(5-2,19-3)11-18-10-12-6-8-13(9-7-12)14(16)17/h6-9,14,18H,4-5,10-11H2,1-3H3. The lowest BCUT2D eigenvalue weighted by Crippen LogP contribution is -2.36. The van der Waals surface area contributed by atoms with Crippen molar-refractivity contribution in [3.63, 3.8) is 0 Å². The van der Waals surface area contributed by atoms with Crippen LogP contribution in [0.2, 0.25) is 0 Å². The van der Waals surface area contributed by atoms with Crippen LogP contribution in [0.15, 0.2) is 24.3 Å². The van der Waals surface area contributed by atoms with E-state index in [0.717, 1.165) is 31.5 Å². The molecular weight excluding hydrogens is 264 g/mol. The second kappa shape index (κ2) is 7.85. The van der Waals surface area contributed by atoms with E-state index in [2.05, 4.69) is 25.4 Å². The van der Waals surface area contributed by atoms with E-state index in [9.17, 15) is 8.78 Å². The first-order valence-corrected chi connectivity index (χ1v) is 7.92. The van der Waals surface area contributed by atoms with Gasteiger partial charge in [-0.1, -0.05) is 38.1 Å². The molecule has 1 aromatic carbocycles. The monoisotopic (exact) mass is 287 g/mol. The van der Waals surface area contributed by atoms with Crippen LogP contribution in [0.1, 0.15) is 44.2 Å². The van der Waals surface area contributed by atoms with Gasteiger partial charge in [-0.15, -0.1) is 0 Å². The van der Waals surface area contributed by atoms with Gasteiger partial charge in [0.2, 0.25) is 0 Å². The minimum atomic E-state index is -2.38. The Kier molecular flexibility index (Phi) is 6.80. The molecule has 0 amide bonds. The van der Waals surface area contributed by atoms with Crippen molar-refractivity contribution in [1.82, 2.24) is 5.32 Å². The van der Waals surface area contributed by atoms with Crippen molar-refractivity contribution in [2.45, 2.75) is 44.4 Å². The highest BCUT2D eigenvalue weighted by Crippen LogP contribution is 2.29. The number of hydrogen-bond donors (Lipinski definition) is 1. The van der Waals surface area contributed by atoms with Crippen LogP contribution in [0, 0.1) is 0 Å². The summed E-state index contributed by atoms with van der Waals surface area (Å²) in [6.45, 7) is 6.09. The number of nitrogens with one attached hydrogen (secondary N) is 1. The Labute approximate surface area is 119 Å². The van der Waals surface area contributed by atoms with Crippen molar-refractivity contribution in [1.29, 1.82) is 0 Å². The molecule has 0 spiro atoms. The SMILES string of the molecule is CCC(CC)(CNCc1ccc(C(F)F)cc1)SC. The molecule has 0 atom stereocenters. The van der Waals surface area contributed by atoms with Gasteiger partial charge in [0.05, 0.1) is 0 Å². The lowest BCUT2D eigenvalue weighted by Gasteiger charge is -2.30. The molecule has 0 bridgehead atoms. The summed E-state index contributed by atoms with van der Waals surface area (Å²) in [6, 6.07) is 6.55. The molecule has 1 N–H and O–H groups in total. The number of halogens is 2. The topological polar surface area (TPSA) is 12.0 Å². The highest BCUT2D eigenvalue weighted by molar-refractivity contribution is 8.00. The quantitative estimate of drug-likeness (QED) is 0.748. The van der Waals surface area contributed by atoms with Gasteiger partial charge in [-0.3, -0.25) is 0 Å². The van der Waals surface area contributed by atoms with E-state index in [0.29, 0.717) is 0 Å². The van der Waals surface area contributed by atoms with Crippen LogP contribution in [-0.4, -0.2) is 17.5 Å². The van der Waals surface area contributed by atoms with Crippen LogP contribution >= 0.6 is 11.8 Å². The summed E-state index contributed by atoms with van der Waals surface area (Å²) in [5.41, 5.74) is 1.14. The number of hydrogen-bond acceptors (Lipinski definition) is 2. The Hall–Kier alpha value is -0.610. The fourth-order valence-electron chi connectivity index (χ4n) is 2.08. The van der Waals surface area contributed by atoms with Gasteiger partial charge in [0, 0.05) is 23.4 Å². The summed E-state index contributed by atoms with van der Waals surface area (Å²) in [6.07, 6.45) is 2.02. The third kappa shape index (κ3) is 4.77. The summed E-state index contributed by atoms with van der Waals surface area (Å²) in [5, 5.41) is 3.44. The van der Waals surface area contributed by atoms with E-state index in [-0.39, 0.29) is 10.3 Å². The van der Waals surface area contributed by atoms with Gasteiger partial charge in [-0.05, 0) is 24.7 Å². The van der Waals surface area contributed by atoms with E-state index in [1.54, 1.807) is 12.1 Å². The van der Waals surface area contributed by atoms with E-state index >= 15 is 0 Å². The molecule has 1 rings (SSSR count). The number of benzene rings is 1. The van der Waals surface area contributed by atoms with Crippen LogP contribution in [0.5, 0.6) is 0 Å². The highest BCUT2D eigenvalue weighted by Gasteiger charge is 2.23. The Balaban J connectivity index is 2.48. The maximum Gasteiger partial charge on any atom is 0.263 e. The zero-order valence-electron chi connectivity index (χ0n) is 11.9. The molecule has 0 unspecified atom stereocenters. The minimum absolute atomic E-state index is 0.0873. The second-order valence-corrected chi connectivity index (χ2v) is 6.01. The van der Waals surface area contributed by atoms with E-state index in [1.165, 1.54) is 12.1 Å². The molecule has 4 heteroatoms. The van der Waals surface area contributed by atoms with Gasteiger partial charge in [0.25, 0.3) is 6.43 Å². The van der Waals surface area contributed by atoms with Gasteiger partial charge in [-0.2, -0.15) is 11.8 Å². The van der Waals surface area contributed by atoms with E-state index in [1.807, 2.05) is 11.8 Å². The second-order valence-electron chi connectivity index (χ2n) is 4.74.